The number of carbonyl (C=O) groups excluding carboxylic acids is 1. The fourth-order valence-corrected chi connectivity index (χ4v) is 4.74. The summed E-state index contributed by atoms with van der Waals surface area (Å²) >= 11 is 0. The van der Waals surface area contributed by atoms with Gasteiger partial charge in [0.15, 0.2) is 5.66 Å². The van der Waals surface area contributed by atoms with Crippen LogP contribution >= 0.6 is 0 Å². The molecule has 0 atom stereocenters. The van der Waals surface area contributed by atoms with Crippen molar-refractivity contribution in [2.24, 2.45) is 10.2 Å². The van der Waals surface area contributed by atoms with Crippen LogP contribution in [-0.2, 0) is 14.8 Å². The molecule has 0 unspecified atom stereocenters. The fraction of sp³-hybridized carbons (Fsp3) is 0.812. The van der Waals surface area contributed by atoms with Gasteiger partial charge < -0.3 is 4.90 Å². The highest BCUT2D eigenvalue weighted by molar-refractivity contribution is 7.90. The molecule has 1 aliphatic carbocycles. The fourth-order valence-electron chi connectivity index (χ4n) is 3.09. The summed E-state index contributed by atoms with van der Waals surface area (Å²) in [6.07, 6.45) is 10.5. The van der Waals surface area contributed by atoms with Crippen molar-refractivity contribution >= 4 is 15.9 Å². The van der Waals surface area contributed by atoms with E-state index in [4.69, 9.17) is 6.42 Å². The van der Waals surface area contributed by atoms with Crippen LogP contribution in [0.1, 0.15) is 51.4 Å². The molecule has 1 amide bonds. The maximum atomic E-state index is 12.3. The van der Waals surface area contributed by atoms with Crippen LogP contribution in [0.4, 0.5) is 0 Å². The molecule has 0 bridgehead atoms. The number of nitrogens with one attached hydrogen (secondary N) is 1. The number of nitrogens with zero attached hydrogens (tertiary/aromatic N) is 3. The summed E-state index contributed by atoms with van der Waals surface area (Å²) in [5.74, 6) is 2.67. The smallest absolute Gasteiger partial charge is 0.222 e. The minimum atomic E-state index is -3.15. The highest BCUT2D eigenvalue weighted by Crippen LogP contribution is 2.37. The number of sulfonamides is 1. The van der Waals surface area contributed by atoms with Gasteiger partial charge in [0.05, 0.1) is 5.25 Å². The van der Waals surface area contributed by atoms with E-state index in [0.717, 1.165) is 12.8 Å². The van der Waals surface area contributed by atoms with E-state index in [-0.39, 0.29) is 17.2 Å². The molecular formula is C16H24N4O3S. The Kier molecular flexibility index (Phi) is 4.92. The second-order valence-electron chi connectivity index (χ2n) is 6.90. The van der Waals surface area contributed by atoms with Gasteiger partial charge in [-0.3, -0.25) is 4.79 Å². The Balaban J connectivity index is 1.38. The predicted molar refractivity (Wildman–Crippen MR) is 89.6 cm³/mol. The van der Waals surface area contributed by atoms with E-state index < -0.39 is 15.7 Å². The lowest BCUT2D eigenvalue weighted by atomic mass is 10.0. The summed E-state index contributed by atoms with van der Waals surface area (Å²) in [6.45, 7) is 1.20. The lowest BCUT2D eigenvalue weighted by molar-refractivity contribution is -0.132. The van der Waals surface area contributed by atoms with Crippen LogP contribution < -0.4 is 4.72 Å². The van der Waals surface area contributed by atoms with Crippen LogP contribution in [0, 0.1) is 12.3 Å². The van der Waals surface area contributed by atoms with E-state index in [1.54, 1.807) is 0 Å². The molecule has 8 heteroatoms. The van der Waals surface area contributed by atoms with Crippen molar-refractivity contribution < 1.29 is 13.2 Å². The monoisotopic (exact) mass is 352 g/mol. The summed E-state index contributed by atoms with van der Waals surface area (Å²) in [4.78, 5) is 14.1. The Labute approximate surface area is 143 Å². The largest absolute Gasteiger partial charge is 0.343 e. The van der Waals surface area contributed by atoms with Crippen molar-refractivity contribution in [3.63, 3.8) is 0 Å². The molecule has 0 aromatic carbocycles. The van der Waals surface area contributed by atoms with Crippen molar-refractivity contribution in [2.45, 2.75) is 68.3 Å². The molecule has 132 valence electrons. The van der Waals surface area contributed by atoms with Gasteiger partial charge in [0.1, 0.15) is 0 Å². The van der Waals surface area contributed by atoms with Crippen LogP contribution in [0.2, 0.25) is 0 Å². The van der Waals surface area contributed by atoms with Crippen LogP contribution in [0.3, 0.4) is 0 Å². The summed E-state index contributed by atoms with van der Waals surface area (Å²) in [5.41, 5.74) is -0.416. The second-order valence-corrected chi connectivity index (χ2v) is 8.90. The van der Waals surface area contributed by atoms with Gasteiger partial charge in [-0.15, -0.1) is 12.3 Å². The van der Waals surface area contributed by atoms with E-state index >= 15 is 0 Å². The Morgan fingerprint density at radius 1 is 1.21 bits per heavy atom. The third-order valence-corrected chi connectivity index (χ3v) is 6.94. The first-order chi connectivity index (χ1) is 11.4. The van der Waals surface area contributed by atoms with Crippen molar-refractivity contribution in [3.05, 3.63) is 0 Å². The third-order valence-electron chi connectivity index (χ3n) is 4.93. The molecule has 7 nitrogen and oxygen atoms in total. The minimum absolute atomic E-state index is 0.0462. The van der Waals surface area contributed by atoms with E-state index in [1.165, 1.54) is 0 Å². The van der Waals surface area contributed by atoms with Crippen molar-refractivity contribution in [2.75, 3.05) is 13.1 Å². The molecule has 0 aromatic heterocycles. The first kappa shape index (κ1) is 17.4. The molecule has 2 aliphatic heterocycles. The summed E-state index contributed by atoms with van der Waals surface area (Å²) < 4.78 is 26.7. The van der Waals surface area contributed by atoms with E-state index in [0.29, 0.717) is 51.6 Å². The van der Waals surface area contributed by atoms with Crippen LogP contribution in [0.15, 0.2) is 10.2 Å². The standard InChI is InChI=1S/C16H24N4O3S/c1-2-3-9-16(18-19-16)10-6-15(21)20-11-7-13(8-12-20)17-24(22,23)14-4-5-14/h1,13-14,17H,3-12H2. The van der Waals surface area contributed by atoms with E-state index in [2.05, 4.69) is 20.9 Å². The van der Waals surface area contributed by atoms with Crippen molar-refractivity contribution in [3.8, 4) is 12.3 Å². The maximum Gasteiger partial charge on any atom is 0.222 e. The molecule has 1 N–H and O–H groups in total. The van der Waals surface area contributed by atoms with Crippen LogP contribution in [0.25, 0.3) is 0 Å². The minimum Gasteiger partial charge on any atom is -0.343 e. The summed E-state index contributed by atoms with van der Waals surface area (Å²) in [6, 6.07) is -0.0462. The Morgan fingerprint density at radius 3 is 2.42 bits per heavy atom. The molecular weight excluding hydrogens is 328 g/mol. The van der Waals surface area contributed by atoms with Crippen LogP contribution in [0.5, 0.6) is 0 Å². The van der Waals surface area contributed by atoms with Gasteiger partial charge >= 0.3 is 0 Å². The molecule has 3 rings (SSSR count). The van der Waals surface area contributed by atoms with Gasteiger partial charge in [0, 0.05) is 44.8 Å². The number of hydrogen-bond donors (Lipinski definition) is 1. The average Bonchev–Trinajstić information content (AvgIpc) is 3.46. The molecule has 0 radical (unpaired) electrons. The second kappa shape index (κ2) is 6.81. The average molecular weight is 352 g/mol. The number of likely N-dealkylation sites (tertiary alicyclic amines) is 1. The number of terminal acetylenes is 1. The zero-order chi connectivity index (χ0) is 17.2. The molecule has 2 fully saturated rings. The lowest BCUT2D eigenvalue weighted by Gasteiger charge is -2.32. The molecule has 2 heterocycles. The Bertz CT molecular complexity index is 649. The summed E-state index contributed by atoms with van der Waals surface area (Å²) in [7, 11) is -3.15. The van der Waals surface area contributed by atoms with E-state index in [1.807, 2.05) is 4.90 Å². The van der Waals surface area contributed by atoms with Gasteiger partial charge in [-0.05, 0) is 25.7 Å². The maximum absolute atomic E-state index is 12.3. The van der Waals surface area contributed by atoms with Crippen molar-refractivity contribution in [1.29, 1.82) is 0 Å². The Hall–Kier alpha value is -1.46. The van der Waals surface area contributed by atoms with Gasteiger partial charge in [0.2, 0.25) is 15.9 Å². The van der Waals surface area contributed by atoms with Gasteiger partial charge in [-0.25, -0.2) is 13.1 Å². The highest BCUT2D eigenvalue weighted by Gasteiger charge is 2.40. The zero-order valence-electron chi connectivity index (χ0n) is 13.8. The topological polar surface area (TPSA) is 91.2 Å². The molecule has 1 saturated carbocycles. The normalized spacial score (nSPS) is 23.0. The molecule has 0 spiro atoms. The lowest BCUT2D eigenvalue weighted by Crippen LogP contribution is -2.47. The Morgan fingerprint density at radius 2 is 1.88 bits per heavy atom. The number of amides is 1. The number of carbonyl (C=O) groups is 1. The zero-order valence-corrected chi connectivity index (χ0v) is 14.6. The van der Waals surface area contributed by atoms with Gasteiger partial charge in [-0.2, -0.15) is 10.2 Å². The highest BCUT2D eigenvalue weighted by atomic mass is 32.2. The number of piperidine rings is 1. The summed E-state index contributed by atoms with van der Waals surface area (Å²) in [5, 5.41) is 7.90. The van der Waals surface area contributed by atoms with Gasteiger partial charge in [-0.1, -0.05) is 0 Å². The third kappa shape index (κ3) is 4.33. The predicted octanol–water partition coefficient (Wildman–Crippen LogP) is 1.41. The van der Waals surface area contributed by atoms with Gasteiger partial charge in [0.25, 0.3) is 0 Å². The molecule has 1 saturated heterocycles. The van der Waals surface area contributed by atoms with Crippen molar-refractivity contribution in [1.82, 2.24) is 9.62 Å². The van der Waals surface area contributed by atoms with E-state index in [9.17, 15) is 13.2 Å². The first-order valence-electron chi connectivity index (χ1n) is 8.61. The number of rotatable bonds is 8. The molecule has 24 heavy (non-hydrogen) atoms. The first-order valence-corrected chi connectivity index (χ1v) is 10.2. The van der Waals surface area contributed by atoms with Crippen LogP contribution in [-0.4, -0.2) is 49.3 Å². The molecule has 3 aliphatic rings. The SMILES string of the molecule is C#CCCC1(CCC(=O)N2CCC(NS(=O)(=O)C3CC3)CC2)N=N1. The number of hydrogen-bond acceptors (Lipinski definition) is 5. The quantitative estimate of drug-likeness (QED) is 0.670. The molecule has 0 aromatic rings.